The van der Waals surface area contributed by atoms with Gasteiger partial charge in [0, 0.05) is 32.1 Å². The Bertz CT molecular complexity index is 437. The summed E-state index contributed by atoms with van der Waals surface area (Å²) in [6.45, 7) is 5.96. The zero-order valence-corrected chi connectivity index (χ0v) is 15.9. The van der Waals surface area contributed by atoms with E-state index >= 15 is 0 Å². The minimum absolute atomic E-state index is 0.0751. The molecule has 1 amide bonds. The predicted octanol–water partition coefficient (Wildman–Crippen LogP) is 3.01. The summed E-state index contributed by atoms with van der Waals surface area (Å²) in [5, 5.41) is 0. The van der Waals surface area contributed by atoms with E-state index in [-0.39, 0.29) is 11.9 Å². The summed E-state index contributed by atoms with van der Waals surface area (Å²) in [5.41, 5.74) is 0. The number of hydrogen-bond acceptors (Lipinski definition) is 3. The van der Waals surface area contributed by atoms with Gasteiger partial charge in [-0.15, -0.1) is 0 Å². The number of nitrogens with zero attached hydrogens (tertiary/aromatic N) is 2. The van der Waals surface area contributed by atoms with Gasteiger partial charge in [0.1, 0.15) is 0 Å². The Labute approximate surface area is 142 Å². The predicted molar refractivity (Wildman–Crippen MR) is 94.8 cm³/mol. The Kier molecular flexibility index (Phi) is 9.14. The van der Waals surface area contributed by atoms with Crippen molar-refractivity contribution in [2.45, 2.75) is 77.7 Å². The van der Waals surface area contributed by atoms with Crippen LogP contribution in [0.3, 0.4) is 0 Å². The molecule has 1 aliphatic rings. The number of carbonyl (C=O) groups is 1. The van der Waals surface area contributed by atoms with E-state index in [4.69, 9.17) is 0 Å². The molecule has 0 spiro atoms. The highest BCUT2D eigenvalue weighted by atomic mass is 32.2. The molecule has 5 nitrogen and oxygen atoms in total. The van der Waals surface area contributed by atoms with Gasteiger partial charge in [-0.1, -0.05) is 39.5 Å². The van der Waals surface area contributed by atoms with Crippen LogP contribution in [0.15, 0.2) is 0 Å². The van der Waals surface area contributed by atoms with E-state index in [1.54, 1.807) is 4.31 Å². The largest absolute Gasteiger partial charge is 0.343 e. The van der Waals surface area contributed by atoms with E-state index in [1.807, 2.05) is 4.90 Å². The number of amides is 1. The molecule has 136 valence electrons. The van der Waals surface area contributed by atoms with E-state index in [9.17, 15) is 13.2 Å². The summed E-state index contributed by atoms with van der Waals surface area (Å²) in [6.07, 6.45) is 9.84. The van der Waals surface area contributed by atoms with Crippen LogP contribution in [-0.2, 0) is 14.8 Å². The van der Waals surface area contributed by atoms with Gasteiger partial charge in [0.25, 0.3) is 0 Å². The molecule has 0 unspecified atom stereocenters. The molecule has 0 radical (unpaired) electrons. The fourth-order valence-electron chi connectivity index (χ4n) is 3.43. The Morgan fingerprint density at radius 1 is 0.957 bits per heavy atom. The molecule has 1 saturated carbocycles. The second-order valence-electron chi connectivity index (χ2n) is 6.65. The molecule has 0 saturated heterocycles. The highest BCUT2D eigenvalue weighted by Gasteiger charge is 2.28. The van der Waals surface area contributed by atoms with Gasteiger partial charge in [0.05, 0.1) is 6.26 Å². The van der Waals surface area contributed by atoms with Crippen molar-refractivity contribution in [2.75, 3.05) is 25.9 Å². The topological polar surface area (TPSA) is 57.7 Å². The Hall–Kier alpha value is -0.620. The average Bonchev–Trinajstić information content (AvgIpc) is 2.75. The highest BCUT2D eigenvalue weighted by Crippen LogP contribution is 2.24. The first-order chi connectivity index (χ1) is 10.9. The highest BCUT2D eigenvalue weighted by molar-refractivity contribution is 7.88. The maximum absolute atomic E-state index is 12.4. The molecule has 0 aromatic rings. The third-order valence-corrected chi connectivity index (χ3v) is 5.88. The minimum Gasteiger partial charge on any atom is -0.343 e. The molecule has 0 N–H and O–H groups in total. The van der Waals surface area contributed by atoms with Crippen LogP contribution in [-0.4, -0.2) is 55.5 Å². The SMILES string of the molecule is CCCN(CCC)C(=O)CCN(C1CCCCCC1)S(C)(=O)=O. The van der Waals surface area contributed by atoms with Crippen LogP contribution < -0.4 is 0 Å². The van der Waals surface area contributed by atoms with Gasteiger partial charge in [0.15, 0.2) is 0 Å². The Morgan fingerprint density at radius 3 is 1.91 bits per heavy atom. The second-order valence-corrected chi connectivity index (χ2v) is 8.58. The van der Waals surface area contributed by atoms with Gasteiger partial charge in [-0.3, -0.25) is 4.79 Å². The summed E-state index contributed by atoms with van der Waals surface area (Å²) in [4.78, 5) is 14.3. The summed E-state index contributed by atoms with van der Waals surface area (Å²) in [6, 6.07) is 0.0751. The summed E-state index contributed by atoms with van der Waals surface area (Å²) in [7, 11) is -3.26. The quantitative estimate of drug-likeness (QED) is 0.603. The van der Waals surface area contributed by atoms with Gasteiger partial charge in [-0.05, 0) is 25.7 Å². The summed E-state index contributed by atoms with van der Waals surface area (Å²) >= 11 is 0. The standard InChI is InChI=1S/C17H34N2O3S/c1-4-13-18(14-5-2)17(20)12-15-19(23(3,21)22)16-10-8-6-7-9-11-16/h16H,4-15H2,1-3H3. The monoisotopic (exact) mass is 346 g/mol. The molecule has 0 aromatic heterocycles. The zero-order valence-electron chi connectivity index (χ0n) is 15.1. The van der Waals surface area contributed by atoms with Crippen LogP contribution in [0.5, 0.6) is 0 Å². The van der Waals surface area contributed by atoms with Crippen molar-refractivity contribution < 1.29 is 13.2 Å². The van der Waals surface area contributed by atoms with Crippen molar-refractivity contribution in [1.82, 2.24) is 9.21 Å². The van der Waals surface area contributed by atoms with Crippen LogP contribution in [0.1, 0.15) is 71.6 Å². The number of hydrogen-bond donors (Lipinski definition) is 0. The van der Waals surface area contributed by atoms with Gasteiger partial charge >= 0.3 is 0 Å². The lowest BCUT2D eigenvalue weighted by atomic mass is 10.1. The van der Waals surface area contributed by atoms with Crippen molar-refractivity contribution in [2.24, 2.45) is 0 Å². The maximum atomic E-state index is 12.4. The Morgan fingerprint density at radius 2 is 1.48 bits per heavy atom. The van der Waals surface area contributed by atoms with Gasteiger partial charge in [-0.2, -0.15) is 4.31 Å². The zero-order chi connectivity index (χ0) is 17.3. The molecule has 0 aliphatic heterocycles. The van der Waals surface area contributed by atoms with Crippen LogP contribution >= 0.6 is 0 Å². The maximum Gasteiger partial charge on any atom is 0.223 e. The van der Waals surface area contributed by atoms with E-state index in [1.165, 1.54) is 19.1 Å². The van der Waals surface area contributed by atoms with Gasteiger partial charge in [-0.25, -0.2) is 8.42 Å². The minimum atomic E-state index is -3.26. The summed E-state index contributed by atoms with van der Waals surface area (Å²) < 4.78 is 25.9. The molecule has 6 heteroatoms. The van der Waals surface area contributed by atoms with Crippen LogP contribution in [0, 0.1) is 0 Å². The molecule has 1 rings (SSSR count). The smallest absolute Gasteiger partial charge is 0.223 e. The average molecular weight is 347 g/mol. The van der Waals surface area contributed by atoms with Crippen molar-refractivity contribution in [3.8, 4) is 0 Å². The van der Waals surface area contributed by atoms with Crippen molar-refractivity contribution in [3.63, 3.8) is 0 Å². The third-order valence-electron chi connectivity index (χ3n) is 4.54. The molecule has 0 bridgehead atoms. The molecular weight excluding hydrogens is 312 g/mol. The van der Waals surface area contributed by atoms with Crippen LogP contribution in [0.25, 0.3) is 0 Å². The van der Waals surface area contributed by atoms with E-state index in [2.05, 4.69) is 13.8 Å². The van der Waals surface area contributed by atoms with Gasteiger partial charge in [0.2, 0.25) is 15.9 Å². The van der Waals surface area contributed by atoms with E-state index in [0.717, 1.165) is 51.6 Å². The molecule has 0 aromatic carbocycles. The fraction of sp³-hybridized carbons (Fsp3) is 0.941. The van der Waals surface area contributed by atoms with E-state index in [0.29, 0.717) is 13.0 Å². The number of rotatable bonds is 9. The molecule has 23 heavy (non-hydrogen) atoms. The fourth-order valence-corrected chi connectivity index (χ4v) is 4.61. The van der Waals surface area contributed by atoms with Crippen molar-refractivity contribution in [1.29, 1.82) is 0 Å². The van der Waals surface area contributed by atoms with Crippen molar-refractivity contribution >= 4 is 15.9 Å². The molecule has 0 atom stereocenters. The van der Waals surface area contributed by atoms with Crippen LogP contribution in [0.2, 0.25) is 0 Å². The molecular formula is C17H34N2O3S. The first-order valence-corrected chi connectivity index (χ1v) is 11.0. The molecule has 1 aliphatic carbocycles. The van der Waals surface area contributed by atoms with Gasteiger partial charge < -0.3 is 4.90 Å². The normalized spacial score (nSPS) is 17.2. The first kappa shape index (κ1) is 20.4. The molecule has 0 heterocycles. The van der Waals surface area contributed by atoms with Crippen molar-refractivity contribution in [3.05, 3.63) is 0 Å². The Balaban J connectivity index is 2.68. The lowest BCUT2D eigenvalue weighted by Crippen LogP contribution is -2.42. The number of carbonyl (C=O) groups excluding carboxylic acids is 1. The molecule has 1 fully saturated rings. The summed E-state index contributed by atoms with van der Waals surface area (Å²) in [5.74, 6) is 0.0796. The second kappa shape index (κ2) is 10.3. The van der Waals surface area contributed by atoms with E-state index < -0.39 is 10.0 Å². The number of sulfonamides is 1. The first-order valence-electron chi connectivity index (χ1n) is 9.14. The third kappa shape index (κ3) is 7.21. The lowest BCUT2D eigenvalue weighted by molar-refractivity contribution is -0.131. The van der Waals surface area contributed by atoms with Crippen LogP contribution in [0.4, 0.5) is 0 Å². The lowest BCUT2D eigenvalue weighted by Gasteiger charge is -2.30.